The number of ether oxygens (including phenoxy) is 2. The van der Waals surface area contributed by atoms with Crippen LogP contribution in [0.4, 0.5) is 0 Å². The Morgan fingerprint density at radius 3 is 2.37 bits per heavy atom. The van der Waals surface area contributed by atoms with E-state index in [2.05, 4.69) is 46.8 Å². The number of allylic oxidation sites excluding steroid dienone is 7. The van der Waals surface area contributed by atoms with Crippen molar-refractivity contribution in [3.8, 4) is 0 Å². The smallest absolute Gasteiger partial charge is 0.311 e. The first kappa shape index (κ1) is 28.2. The Labute approximate surface area is 246 Å². The van der Waals surface area contributed by atoms with Gasteiger partial charge in [0.25, 0.3) is 0 Å². The molecule has 0 aromatic heterocycles. The van der Waals surface area contributed by atoms with Crippen molar-refractivity contribution in [2.45, 2.75) is 93.1 Å². The third-order valence-electron chi connectivity index (χ3n) is 12.4. The molecule has 0 spiro atoms. The van der Waals surface area contributed by atoms with Gasteiger partial charge in [0, 0.05) is 5.41 Å². The molecule has 1 aromatic rings. The number of carbonyl (C=O) groups is 2. The van der Waals surface area contributed by atoms with E-state index in [0.29, 0.717) is 24.9 Å². The zero-order chi connectivity index (χ0) is 29.3. The van der Waals surface area contributed by atoms with Crippen molar-refractivity contribution >= 4 is 11.8 Å². The lowest BCUT2D eigenvalue weighted by molar-refractivity contribution is -0.182. The zero-order valence-electron chi connectivity index (χ0n) is 25.8. The highest BCUT2D eigenvalue weighted by Crippen LogP contribution is 2.75. The van der Waals surface area contributed by atoms with E-state index in [1.807, 2.05) is 49.4 Å². The number of rotatable bonds is 5. The van der Waals surface area contributed by atoms with Crippen molar-refractivity contribution in [2.75, 3.05) is 6.61 Å². The highest BCUT2D eigenvalue weighted by Gasteiger charge is 2.67. The largest absolute Gasteiger partial charge is 0.485 e. The summed E-state index contributed by atoms with van der Waals surface area (Å²) in [5.74, 6) is 0.798. The van der Waals surface area contributed by atoms with Crippen LogP contribution in [0.5, 0.6) is 0 Å². The van der Waals surface area contributed by atoms with E-state index in [0.717, 1.165) is 55.2 Å². The van der Waals surface area contributed by atoms with Gasteiger partial charge in [0.05, 0.1) is 12.0 Å². The van der Waals surface area contributed by atoms with Crippen molar-refractivity contribution in [3.63, 3.8) is 0 Å². The monoisotopic (exact) mass is 554 g/mol. The van der Waals surface area contributed by atoms with E-state index in [-0.39, 0.29) is 33.4 Å². The molecule has 0 saturated heterocycles. The highest BCUT2D eigenvalue weighted by molar-refractivity contribution is 6.06. The molecule has 3 saturated carbocycles. The first-order valence-corrected chi connectivity index (χ1v) is 15.6. The Hall–Kier alpha value is -2.88. The van der Waals surface area contributed by atoms with E-state index >= 15 is 0 Å². The van der Waals surface area contributed by atoms with Crippen LogP contribution < -0.4 is 0 Å². The summed E-state index contributed by atoms with van der Waals surface area (Å²) < 4.78 is 11.6. The van der Waals surface area contributed by atoms with Crippen LogP contribution in [0.15, 0.2) is 77.1 Å². The average Bonchev–Trinajstić information content (AvgIpc) is 2.95. The van der Waals surface area contributed by atoms with Crippen molar-refractivity contribution in [3.05, 3.63) is 82.7 Å². The molecule has 6 atom stereocenters. The van der Waals surface area contributed by atoms with Crippen LogP contribution in [-0.4, -0.2) is 18.4 Å². The second-order valence-corrected chi connectivity index (χ2v) is 14.7. The van der Waals surface area contributed by atoms with Crippen LogP contribution in [0.25, 0.3) is 0 Å². The molecular formula is C37H46O4. The molecule has 0 unspecified atom stereocenters. The Balaban J connectivity index is 1.34. The van der Waals surface area contributed by atoms with Gasteiger partial charge >= 0.3 is 5.97 Å². The highest BCUT2D eigenvalue weighted by atomic mass is 16.5. The molecule has 0 N–H and O–H groups in total. The minimum atomic E-state index is -0.421. The fourth-order valence-corrected chi connectivity index (χ4v) is 9.53. The predicted octanol–water partition coefficient (Wildman–Crippen LogP) is 8.44. The van der Waals surface area contributed by atoms with Gasteiger partial charge in [-0.05, 0) is 110 Å². The third-order valence-corrected chi connectivity index (χ3v) is 12.4. The van der Waals surface area contributed by atoms with Crippen LogP contribution in [0.3, 0.4) is 0 Å². The first-order valence-electron chi connectivity index (χ1n) is 15.6. The SMILES string of the molecule is CCOC(=O)[C@]1(C)CC[C@]2(C)CC[C@]3(C)C4=CC=C5C=C(OCc6ccccc6)C(=O)C=C5[C@]4(C)CC[C@@]3(C)[C@@H]2C1. The second kappa shape index (κ2) is 9.57. The first-order chi connectivity index (χ1) is 19.4. The molecule has 0 amide bonds. The van der Waals surface area contributed by atoms with Gasteiger partial charge in [0.1, 0.15) is 6.61 Å². The standard InChI is InChI=1S/C37H46O4/c1-7-40-32(39)34(3)16-15-33(2)17-19-36(5)30-14-13-26-21-29(41-24-25-11-9-8-10-12-25)28(38)22-27(26)35(30,4)18-20-37(36,6)31(33)23-34/h8-14,21-22,31H,7,15-20,23-24H2,1-6H3/t31-,33-,34-,35+,36-,37+/m1/s1. The summed E-state index contributed by atoms with van der Waals surface area (Å²) in [5.41, 5.74) is 4.42. The molecule has 218 valence electrons. The van der Waals surface area contributed by atoms with Crippen molar-refractivity contribution in [1.82, 2.24) is 0 Å². The molecule has 6 rings (SSSR count). The van der Waals surface area contributed by atoms with Crippen LogP contribution >= 0.6 is 0 Å². The van der Waals surface area contributed by atoms with E-state index in [9.17, 15) is 9.59 Å². The molecule has 1 aromatic carbocycles. The molecular weight excluding hydrogens is 508 g/mol. The van der Waals surface area contributed by atoms with Crippen molar-refractivity contribution in [1.29, 1.82) is 0 Å². The van der Waals surface area contributed by atoms with Crippen LogP contribution in [0, 0.1) is 33.0 Å². The summed E-state index contributed by atoms with van der Waals surface area (Å²) in [6.07, 6.45) is 15.7. The quantitative estimate of drug-likeness (QED) is 0.343. The van der Waals surface area contributed by atoms with Gasteiger partial charge in [0.2, 0.25) is 5.78 Å². The van der Waals surface area contributed by atoms with Crippen LogP contribution in [0.1, 0.15) is 92.1 Å². The zero-order valence-corrected chi connectivity index (χ0v) is 25.8. The Morgan fingerprint density at radius 1 is 0.902 bits per heavy atom. The van der Waals surface area contributed by atoms with Gasteiger partial charge in [-0.2, -0.15) is 0 Å². The van der Waals surface area contributed by atoms with E-state index < -0.39 is 5.41 Å². The molecule has 0 bridgehead atoms. The molecule has 5 aliphatic rings. The number of benzene rings is 1. The molecule has 3 fully saturated rings. The fraction of sp³-hybridized carbons (Fsp3) is 0.568. The lowest BCUT2D eigenvalue weighted by atomic mass is 9.34. The number of carbonyl (C=O) groups excluding carboxylic acids is 2. The molecule has 0 radical (unpaired) electrons. The fourth-order valence-electron chi connectivity index (χ4n) is 9.53. The maximum Gasteiger partial charge on any atom is 0.311 e. The van der Waals surface area contributed by atoms with Gasteiger partial charge < -0.3 is 9.47 Å². The molecule has 0 heterocycles. The van der Waals surface area contributed by atoms with Gasteiger partial charge in [-0.3, -0.25) is 9.59 Å². The third kappa shape index (κ3) is 4.14. The Morgan fingerprint density at radius 2 is 1.63 bits per heavy atom. The summed E-state index contributed by atoms with van der Waals surface area (Å²) in [7, 11) is 0. The number of fused-ring (bicyclic) bond motifs is 7. The number of hydrogen-bond donors (Lipinski definition) is 0. The lowest BCUT2D eigenvalue weighted by Crippen LogP contribution is -2.62. The second-order valence-electron chi connectivity index (χ2n) is 14.7. The van der Waals surface area contributed by atoms with Gasteiger partial charge in [0.15, 0.2) is 5.76 Å². The predicted molar refractivity (Wildman–Crippen MR) is 162 cm³/mol. The topological polar surface area (TPSA) is 52.6 Å². The summed E-state index contributed by atoms with van der Waals surface area (Å²) >= 11 is 0. The molecule has 41 heavy (non-hydrogen) atoms. The van der Waals surface area contributed by atoms with Gasteiger partial charge in [-0.1, -0.05) is 75.8 Å². The number of hydrogen-bond acceptors (Lipinski definition) is 4. The minimum Gasteiger partial charge on any atom is -0.485 e. The normalized spacial score (nSPS) is 39.5. The molecule has 4 heteroatoms. The summed E-state index contributed by atoms with van der Waals surface area (Å²) in [5, 5.41) is 0. The summed E-state index contributed by atoms with van der Waals surface area (Å²) in [4.78, 5) is 26.5. The van der Waals surface area contributed by atoms with Gasteiger partial charge in [-0.25, -0.2) is 0 Å². The van der Waals surface area contributed by atoms with Crippen LogP contribution in [-0.2, 0) is 25.7 Å². The average molecular weight is 555 g/mol. The van der Waals surface area contributed by atoms with Crippen molar-refractivity contribution < 1.29 is 19.1 Å². The summed E-state index contributed by atoms with van der Waals surface area (Å²) in [6.45, 7) is 14.7. The molecule has 4 nitrogen and oxygen atoms in total. The van der Waals surface area contributed by atoms with E-state index in [1.54, 1.807) is 0 Å². The van der Waals surface area contributed by atoms with Crippen LogP contribution in [0.2, 0.25) is 0 Å². The molecule has 5 aliphatic carbocycles. The lowest BCUT2D eigenvalue weighted by Gasteiger charge is -2.70. The van der Waals surface area contributed by atoms with E-state index in [4.69, 9.17) is 9.47 Å². The summed E-state index contributed by atoms with van der Waals surface area (Å²) in [6, 6.07) is 9.99. The molecule has 0 aliphatic heterocycles. The number of esters is 1. The maximum atomic E-state index is 13.4. The van der Waals surface area contributed by atoms with Gasteiger partial charge in [-0.15, -0.1) is 0 Å². The Kier molecular flexibility index (Phi) is 6.60. The minimum absolute atomic E-state index is 0.0171. The Bertz CT molecular complexity index is 1400. The van der Waals surface area contributed by atoms with E-state index in [1.165, 1.54) is 12.0 Å². The maximum absolute atomic E-state index is 13.4. The van der Waals surface area contributed by atoms with Crippen molar-refractivity contribution in [2.24, 2.45) is 33.0 Å². The number of ketones is 1.